The van der Waals surface area contributed by atoms with E-state index >= 15 is 0 Å². The molecule has 0 saturated carbocycles. The molecule has 1 aromatic carbocycles. The molecule has 0 atom stereocenters. The molecule has 0 unspecified atom stereocenters. The lowest BCUT2D eigenvalue weighted by Crippen LogP contribution is -2.19. The first-order valence-corrected chi connectivity index (χ1v) is 8.41. The van der Waals surface area contributed by atoms with Gasteiger partial charge in [0, 0.05) is 30.4 Å². The van der Waals surface area contributed by atoms with E-state index < -0.39 is 0 Å². The summed E-state index contributed by atoms with van der Waals surface area (Å²) < 4.78 is 5.14. The van der Waals surface area contributed by atoms with Gasteiger partial charge in [0.15, 0.2) is 0 Å². The summed E-state index contributed by atoms with van der Waals surface area (Å²) in [6, 6.07) is 11.4. The highest BCUT2D eigenvalue weighted by atomic mass is 16.5. The van der Waals surface area contributed by atoms with Gasteiger partial charge in [0.05, 0.1) is 18.5 Å². The minimum atomic E-state index is -0.113. The van der Waals surface area contributed by atoms with Crippen LogP contribution in [0.25, 0.3) is 0 Å². The normalized spacial score (nSPS) is 13.8. The van der Waals surface area contributed by atoms with Crippen LogP contribution in [0, 0.1) is 0 Å². The lowest BCUT2D eigenvalue weighted by Gasteiger charge is -2.18. The Morgan fingerprint density at radius 3 is 2.75 bits per heavy atom. The van der Waals surface area contributed by atoms with E-state index in [0.717, 1.165) is 36.6 Å². The van der Waals surface area contributed by atoms with E-state index in [0.29, 0.717) is 11.4 Å². The van der Waals surface area contributed by atoms with E-state index in [1.807, 2.05) is 31.2 Å². The van der Waals surface area contributed by atoms with Crippen molar-refractivity contribution in [1.82, 2.24) is 4.98 Å². The van der Waals surface area contributed by atoms with Crippen molar-refractivity contribution in [1.29, 1.82) is 0 Å². The number of hydrogen-bond donors (Lipinski definition) is 1. The zero-order valence-corrected chi connectivity index (χ0v) is 14.2. The summed E-state index contributed by atoms with van der Waals surface area (Å²) in [6.45, 7) is 4.13. The molecule has 126 valence electrons. The van der Waals surface area contributed by atoms with Crippen LogP contribution in [0.2, 0.25) is 0 Å². The van der Waals surface area contributed by atoms with Gasteiger partial charge in [0.1, 0.15) is 0 Å². The summed E-state index contributed by atoms with van der Waals surface area (Å²) in [7, 11) is 1.59. The molecule has 2 heterocycles. The number of rotatable bonds is 5. The molecule has 1 saturated heterocycles. The fourth-order valence-corrected chi connectivity index (χ4v) is 2.99. The number of carbonyl (C=O) groups excluding carboxylic acids is 1. The van der Waals surface area contributed by atoms with E-state index in [2.05, 4.69) is 21.3 Å². The Bertz CT molecular complexity index is 724. The molecular weight excluding hydrogens is 302 g/mol. The van der Waals surface area contributed by atoms with Crippen molar-refractivity contribution in [3.8, 4) is 5.88 Å². The van der Waals surface area contributed by atoms with Gasteiger partial charge in [-0.1, -0.05) is 13.0 Å². The number of benzene rings is 1. The Labute approximate surface area is 142 Å². The monoisotopic (exact) mass is 325 g/mol. The number of carbonyl (C=O) groups is 1. The first kappa shape index (κ1) is 16.3. The zero-order valence-electron chi connectivity index (χ0n) is 14.2. The van der Waals surface area contributed by atoms with Gasteiger partial charge < -0.3 is 15.0 Å². The number of anilines is 2. The lowest BCUT2D eigenvalue weighted by molar-refractivity contribution is 0.102. The van der Waals surface area contributed by atoms with E-state index in [1.54, 1.807) is 13.2 Å². The van der Waals surface area contributed by atoms with Gasteiger partial charge in [0.2, 0.25) is 5.88 Å². The van der Waals surface area contributed by atoms with E-state index in [1.165, 1.54) is 12.8 Å². The number of amides is 1. The second kappa shape index (κ2) is 7.34. The van der Waals surface area contributed by atoms with Gasteiger partial charge in [-0.2, -0.15) is 0 Å². The van der Waals surface area contributed by atoms with Gasteiger partial charge in [0.25, 0.3) is 5.91 Å². The van der Waals surface area contributed by atoms with Crippen LogP contribution < -0.4 is 15.0 Å². The van der Waals surface area contributed by atoms with Crippen molar-refractivity contribution in [2.24, 2.45) is 0 Å². The highest BCUT2D eigenvalue weighted by Crippen LogP contribution is 2.23. The molecule has 0 spiro atoms. The molecule has 1 aromatic heterocycles. The highest BCUT2D eigenvalue weighted by Gasteiger charge is 2.15. The van der Waals surface area contributed by atoms with Gasteiger partial charge in [-0.05, 0) is 43.5 Å². The minimum absolute atomic E-state index is 0.113. The number of hydrogen-bond acceptors (Lipinski definition) is 4. The summed E-state index contributed by atoms with van der Waals surface area (Å²) in [5, 5.41) is 2.97. The summed E-state index contributed by atoms with van der Waals surface area (Å²) in [5.74, 6) is 0.443. The molecule has 5 nitrogen and oxygen atoms in total. The smallest absolute Gasteiger partial charge is 0.255 e. The molecule has 1 aliphatic heterocycles. The number of methoxy groups -OCH3 is 1. The minimum Gasteiger partial charge on any atom is -0.481 e. The molecule has 1 aliphatic rings. The molecule has 5 heteroatoms. The van der Waals surface area contributed by atoms with Crippen LogP contribution in [0.15, 0.2) is 36.4 Å². The standard InChI is InChI=1S/C19H23N3O2/c1-3-16-17(9-10-18(20-16)24-2)21-19(23)14-7-6-8-15(13-14)22-11-4-5-12-22/h6-10,13H,3-5,11-12H2,1-2H3,(H,21,23). The zero-order chi connectivity index (χ0) is 16.9. The number of pyridine rings is 1. The predicted octanol–water partition coefficient (Wildman–Crippen LogP) is 3.51. The van der Waals surface area contributed by atoms with E-state index in [9.17, 15) is 4.79 Å². The van der Waals surface area contributed by atoms with Crippen LogP contribution in [-0.4, -0.2) is 31.1 Å². The molecule has 24 heavy (non-hydrogen) atoms. The first-order valence-electron chi connectivity index (χ1n) is 8.41. The van der Waals surface area contributed by atoms with Crippen LogP contribution in [0.4, 0.5) is 11.4 Å². The number of aromatic nitrogens is 1. The van der Waals surface area contributed by atoms with Gasteiger partial charge >= 0.3 is 0 Å². The maximum atomic E-state index is 12.6. The van der Waals surface area contributed by atoms with Crippen molar-refractivity contribution in [2.75, 3.05) is 30.4 Å². The summed E-state index contributed by atoms with van der Waals surface area (Å²) in [5.41, 5.74) is 3.33. The van der Waals surface area contributed by atoms with Crippen molar-refractivity contribution in [3.63, 3.8) is 0 Å². The highest BCUT2D eigenvalue weighted by molar-refractivity contribution is 6.05. The Hall–Kier alpha value is -2.56. The average molecular weight is 325 g/mol. The quantitative estimate of drug-likeness (QED) is 0.914. The second-order valence-corrected chi connectivity index (χ2v) is 5.90. The van der Waals surface area contributed by atoms with Crippen molar-refractivity contribution in [2.45, 2.75) is 26.2 Å². The molecule has 3 rings (SSSR count). The van der Waals surface area contributed by atoms with E-state index in [4.69, 9.17) is 4.74 Å². The maximum absolute atomic E-state index is 12.6. The average Bonchev–Trinajstić information content (AvgIpc) is 3.17. The third kappa shape index (κ3) is 3.50. The first-order chi connectivity index (χ1) is 11.7. The SMILES string of the molecule is CCc1nc(OC)ccc1NC(=O)c1cccc(N2CCCC2)c1. The maximum Gasteiger partial charge on any atom is 0.255 e. The van der Waals surface area contributed by atoms with Crippen molar-refractivity contribution < 1.29 is 9.53 Å². The molecule has 1 fully saturated rings. The van der Waals surface area contributed by atoms with Crippen molar-refractivity contribution in [3.05, 3.63) is 47.7 Å². The van der Waals surface area contributed by atoms with Crippen LogP contribution in [0.5, 0.6) is 5.88 Å². The molecule has 1 amide bonds. The van der Waals surface area contributed by atoms with Gasteiger partial charge in [-0.15, -0.1) is 0 Å². The summed E-state index contributed by atoms with van der Waals surface area (Å²) in [4.78, 5) is 19.3. The molecule has 2 aromatic rings. The molecule has 1 N–H and O–H groups in total. The third-order valence-electron chi connectivity index (χ3n) is 4.32. The molecule has 0 aliphatic carbocycles. The Balaban J connectivity index is 1.78. The van der Waals surface area contributed by atoms with Crippen LogP contribution >= 0.6 is 0 Å². The molecule has 0 bridgehead atoms. The fraction of sp³-hybridized carbons (Fsp3) is 0.368. The summed E-state index contributed by atoms with van der Waals surface area (Å²) >= 11 is 0. The number of nitrogens with one attached hydrogen (secondary N) is 1. The fourth-order valence-electron chi connectivity index (χ4n) is 2.99. The summed E-state index contributed by atoms with van der Waals surface area (Å²) in [6.07, 6.45) is 3.15. The van der Waals surface area contributed by atoms with Gasteiger partial charge in [-0.3, -0.25) is 4.79 Å². The molecule has 0 radical (unpaired) electrons. The third-order valence-corrected chi connectivity index (χ3v) is 4.32. The number of ether oxygens (including phenoxy) is 1. The number of aryl methyl sites for hydroxylation is 1. The number of nitrogens with zero attached hydrogens (tertiary/aromatic N) is 2. The Kier molecular flexibility index (Phi) is 4.99. The predicted molar refractivity (Wildman–Crippen MR) is 96.0 cm³/mol. The Morgan fingerprint density at radius 1 is 1.25 bits per heavy atom. The largest absolute Gasteiger partial charge is 0.481 e. The van der Waals surface area contributed by atoms with Crippen molar-refractivity contribution >= 4 is 17.3 Å². The second-order valence-electron chi connectivity index (χ2n) is 5.90. The van der Waals surface area contributed by atoms with Crippen LogP contribution in [0.1, 0.15) is 35.8 Å². The van der Waals surface area contributed by atoms with Crippen LogP contribution in [-0.2, 0) is 6.42 Å². The van der Waals surface area contributed by atoms with Gasteiger partial charge in [-0.25, -0.2) is 4.98 Å². The molecular formula is C19H23N3O2. The topological polar surface area (TPSA) is 54.5 Å². The van der Waals surface area contributed by atoms with E-state index in [-0.39, 0.29) is 5.91 Å². The van der Waals surface area contributed by atoms with Crippen LogP contribution in [0.3, 0.4) is 0 Å². The lowest BCUT2D eigenvalue weighted by atomic mass is 10.1. The Morgan fingerprint density at radius 2 is 2.04 bits per heavy atom.